The Morgan fingerprint density at radius 1 is 1.15 bits per heavy atom. The molecule has 26 heavy (non-hydrogen) atoms. The molecule has 0 saturated heterocycles. The Hall–Kier alpha value is -2.66. The lowest BCUT2D eigenvalue weighted by Gasteiger charge is -2.02. The maximum Gasteiger partial charge on any atom is 0.346 e. The van der Waals surface area contributed by atoms with Gasteiger partial charge in [0.25, 0.3) is 0 Å². The molecule has 0 atom stereocenters. The van der Waals surface area contributed by atoms with Gasteiger partial charge in [-0.05, 0) is 43.2 Å². The van der Waals surface area contributed by atoms with Gasteiger partial charge in [0.15, 0.2) is 11.6 Å². The van der Waals surface area contributed by atoms with Crippen molar-refractivity contribution < 1.29 is 4.79 Å². The van der Waals surface area contributed by atoms with Crippen LogP contribution in [0.15, 0.2) is 53.3 Å². The van der Waals surface area contributed by atoms with Gasteiger partial charge < -0.3 is 0 Å². The van der Waals surface area contributed by atoms with Crippen molar-refractivity contribution >= 4 is 17.4 Å². The van der Waals surface area contributed by atoms with E-state index in [9.17, 15) is 9.59 Å². The average Bonchev–Trinajstić information content (AvgIpc) is 2.89. The zero-order valence-corrected chi connectivity index (χ0v) is 15.5. The predicted molar refractivity (Wildman–Crippen MR) is 102 cm³/mol. The molecule has 0 bridgehead atoms. The van der Waals surface area contributed by atoms with Crippen molar-refractivity contribution in [3.8, 4) is 11.4 Å². The summed E-state index contributed by atoms with van der Waals surface area (Å²) in [7, 11) is 1.65. The number of aromatic nitrogens is 3. The quantitative estimate of drug-likeness (QED) is 0.669. The second kappa shape index (κ2) is 7.70. The molecule has 1 heterocycles. The van der Waals surface area contributed by atoms with Crippen molar-refractivity contribution in [2.45, 2.75) is 26.3 Å². The summed E-state index contributed by atoms with van der Waals surface area (Å²) < 4.78 is 2.67. The molecule has 2 aromatic carbocycles. The van der Waals surface area contributed by atoms with Gasteiger partial charge in [-0.1, -0.05) is 41.4 Å². The lowest BCUT2D eigenvalue weighted by molar-refractivity contribution is -0.119. The molecule has 6 heteroatoms. The fourth-order valence-corrected chi connectivity index (χ4v) is 2.96. The van der Waals surface area contributed by atoms with Gasteiger partial charge in [-0.15, -0.1) is 5.10 Å². The number of carbonyl (C=O) groups is 1. The number of hydrogen-bond donors (Lipinski definition) is 0. The summed E-state index contributed by atoms with van der Waals surface area (Å²) in [4.78, 5) is 24.7. The highest BCUT2D eigenvalue weighted by Crippen LogP contribution is 2.18. The second-order valence-corrected chi connectivity index (χ2v) is 6.79. The van der Waals surface area contributed by atoms with Crippen LogP contribution >= 0.6 is 11.6 Å². The number of hydrogen-bond acceptors (Lipinski definition) is 3. The van der Waals surface area contributed by atoms with Gasteiger partial charge in [-0.3, -0.25) is 9.36 Å². The first-order chi connectivity index (χ1) is 12.4. The summed E-state index contributed by atoms with van der Waals surface area (Å²) in [5.74, 6) is 0.493. The van der Waals surface area contributed by atoms with Crippen LogP contribution in [0.1, 0.15) is 17.5 Å². The van der Waals surface area contributed by atoms with E-state index in [2.05, 4.69) is 11.2 Å². The molecular weight excluding hydrogens is 350 g/mol. The van der Waals surface area contributed by atoms with E-state index in [-0.39, 0.29) is 18.0 Å². The molecule has 0 N–H and O–H groups in total. The SMILES string of the molecule is Cc1cccc(CCC(=O)Cn2nc(-c3ccc(Cl)cc3)n(C)c2=O)c1. The molecule has 3 aromatic rings. The number of rotatable bonds is 6. The van der Waals surface area contributed by atoms with E-state index in [0.29, 0.717) is 23.7 Å². The summed E-state index contributed by atoms with van der Waals surface area (Å²) in [6.45, 7) is 2.00. The number of nitrogens with zero attached hydrogens (tertiary/aromatic N) is 3. The van der Waals surface area contributed by atoms with Gasteiger partial charge in [-0.25, -0.2) is 9.48 Å². The Morgan fingerprint density at radius 3 is 2.58 bits per heavy atom. The average molecular weight is 370 g/mol. The van der Waals surface area contributed by atoms with Gasteiger partial charge in [0.2, 0.25) is 0 Å². The first kappa shape index (κ1) is 18.1. The Labute approximate surface area is 156 Å². The van der Waals surface area contributed by atoms with Crippen molar-refractivity contribution in [2.24, 2.45) is 7.05 Å². The zero-order chi connectivity index (χ0) is 18.7. The van der Waals surface area contributed by atoms with Crippen LogP contribution in [-0.4, -0.2) is 20.1 Å². The van der Waals surface area contributed by atoms with E-state index < -0.39 is 0 Å². The highest BCUT2D eigenvalue weighted by Gasteiger charge is 2.14. The molecule has 0 unspecified atom stereocenters. The van der Waals surface area contributed by atoms with Gasteiger partial charge in [0.1, 0.15) is 6.54 Å². The summed E-state index contributed by atoms with van der Waals surface area (Å²) in [6, 6.07) is 15.2. The van der Waals surface area contributed by atoms with Crippen LogP contribution in [0.4, 0.5) is 0 Å². The Balaban J connectivity index is 1.71. The summed E-state index contributed by atoms with van der Waals surface area (Å²) in [6.07, 6.45) is 1.04. The number of Topliss-reactive ketones (excluding diaryl/α,β-unsaturated/α-hetero) is 1. The third kappa shape index (κ3) is 4.11. The van der Waals surface area contributed by atoms with Gasteiger partial charge >= 0.3 is 5.69 Å². The maximum atomic E-state index is 12.4. The van der Waals surface area contributed by atoms with E-state index >= 15 is 0 Å². The summed E-state index contributed by atoms with van der Waals surface area (Å²) in [5, 5.41) is 4.94. The number of carbonyl (C=O) groups excluding carboxylic acids is 1. The largest absolute Gasteiger partial charge is 0.346 e. The normalized spacial score (nSPS) is 10.9. The number of aryl methyl sites for hydroxylation is 2. The minimum absolute atomic E-state index is 0.0191. The first-order valence-corrected chi connectivity index (χ1v) is 8.79. The van der Waals surface area contributed by atoms with Gasteiger partial charge in [-0.2, -0.15) is 0 Å². The zero-order valence-electron chi connectivity index (χ0n) is 14.8. The van der Waals surface area contributed by atoms with E-state index in [1.165, 1.54) is 14.8 Å². The molecule has 0 aliphatic heterocycles. The minimum Gasteiger partial charge on any atom is -0.298 e. The van der Waals surface area contributed by atoms with Crippen molar-refractivity contribution in [3.05, 3.63) is 75.2 Å². The lowest BCUT2D eigenvalue weighted by atomic mass is 10.1. The maximum absolute atomic E-state index is 12.4. The van der Waals surface area contributed by atoms with Crippen LogP contribution in [-0.2, 0) is 24.8 Å². The fraction of sp³-hybridized carbons (Fsp3) is 0.250. The van der Waals surface area contributed by atoms with Crippen LogP contribution in [0.3, 0.4) is 0 Å². The Morgan fingerprint density at radius 2 is 1.88 bits per heavy atom. The van der Waals surface area contributed by atoms with Crippen molar-refractivity contribution in [1.29, 1.82) is 0 Å². The van der Waals surface area contributed by atoms with Gasteiger partial charge in [0, 0.05) is 24.1 Å². The minimum atomic E-state index is -0.307. The molecule has 134 valence electrons. The van der Waals surface area contributed by atoms with Crippen LogP contribution in [0.25, 0.3) is 11.4 Å². The summed E-state index contributed by atoms with van der Waals surface area (Å²) in [5.41, 5.74) is 2.76. The molecule has 0 spiro atoms. The number of benzene rings is 2. The van der Waals surface area contributed by atoms with Crippen molar-refractivity contribution in [3.63, 3.8) is 0 Å². The third-order valence-corrected chi connectivity index (χ3v) is 4.50. The summed E-state index contributed by atoms with van der Waals surface area (Å²) >= 11 is 5.90. The standard InChI is InChI=1S/C20H20ClN3O2/c1-14-4-3-5-15(12-14)6-11-18(25)13-24-20(26)23(2)19(22-24)16-7-9-17(21)10-8-16/h3-5,7-10,12H,6,11,13H2,1-2H3. The molecular formula is C20H20ClN3O2. The van der Waals surface area contributed by atoms with Crippen LogP contribution in [0.5, 0.6) is 0 Å². The fourth-order valence-electron chi connectivity index (χ4n) is 2.84. The molecule has 0 aliphatic carbocycles. The molecule has 5 nitrogen and oxygen atoms in total. The first-order valence-electron chi connectivity index (χ1n) is 8.41. The second-order valence-electron chi connectivity index (χ2n) is 6.36. The smallest absolute Gasteiger partial charge is 0.298 e. The molecule has 0 aliphatic rings. The number of halogens is 1. The van der Waals surface area contributed by atoms with E-state index in [1.54, 1.807) is 31.3 Å². The molecule has 3 rings (SSSR count). The number of ketones is 1. The van der Waals surface area contributed by atoms with E-state index in [1.807, 2.05) is 25.1 Å². The molecule has 0 amide bonds. The van der Waals surface area contributed by atoms with Crippen LogP contribution in [0.2, 0.25) is 5.02 Å². The van der Waals surface area contributed by atoms with Crippen molar-refractivity contribution in [2.75, 3.05) is 0 Å². The molecule has 0 radical (unpaired) electrons. The van der Waals surface area contributed by atoms with E-state index in [0.717, 1.165) is 11.1 Å². The van der Waals surface area contributed by atoms with E-state index in [4.69, 9.17) is 11.6 Å². The lowest BCUT2D eigenvalue weighted by Crippen LogP contribution is -2.26. The van der Waals surface area contributed by atoms with Crippen LogP contribution < -0.4 is 5.69 Å². The molecule has 0 saturated carbocycles. The predicted octanol–water partition coefficient (Wildman–Crippen LogP) is 3.41. The third-order valence-electron chi connectivity index (χ3n) is 4.24. The van der Waals surface area contributed by atoms with Gasteiger partial charge in [0.05, 0.1) is 0 Å². The van der Waals surface area contributed by atoms with Crippen molar-refractivity contribution in [1.82, 2.24) is 14.3 Å². The topological polar surface area (TPSA) is 56.9 Å². The molecule has 0 fully saturated rings. The molecule has 1 aromatic heterocycles. The Bertz CT molecular complexity index is 987. The highest BCUT2D eigenvalue weighted by atomic mass is 35.5. The highest BCUT2D eigenvalue weighted by molar-refractivity contribution is 6.30. The van der Waals surface area contributed by atoms with Crippen LogP contribution in [0, 0.1) is 6.92 Å². The monoisotopic (exact) mass is 369 g/mol. The Kier molecular flexibility index (Phi) is 5.38.